The Kier molecular flexibility index (Phi) is 5.78. The highest BCUT2D eigenvalue weighted by atomic mass is 16.7. The zero-order valence-electron chi connectivity index (χ0n) is 16.7. The van der Waals surface area contributed by atoms with Gasteiger partial charge in [0.1, 0.15) is 41.3 Å². The molecule has 1 fully saturated rings. The van der Waals surface area contributed by atoms with Gasteiger partial charge in [0.2, 0.25) is 12.0 Å². The van der Waals surface area contributed by atoms with E-state index in [0.29, 0.717) is 0 Å². The molecule has 5 atom stereocenters. The number of fused-ring (bicyclic) bond motifs is 1. The third-order valence-electron chi connectivity index (χ3n) is 5.24. The van der Waals surface area contributed by atoms with Gasteiger partial charge in [0.05, 0.1) is 18.2 Å². The van der Waals surface area contributed by atoms with Crippen molar-refractivity contribution in [3.8, 4) is 45.8 Å². The summed E-state index contributed by atoms with van der Waals surface area (Å²) in [6, 6.07) is 5.51. The molecule has 0 spiro atoms. The summed E-state index contributed by atoms with van der Waals surface area (Å²) < 4.78 is 16.7. The van der Waals surface area contributed by atoms with Crippen molar-refractivity contribution in [3.05, 3.63) is 30.3 Å². The molecule has 2 unspecified atom stereocenters. The molecule has 1 aliphatic rings. The van der Waals surface area contributed by atoms with Gasteiger partial charge in [0.25, 0.3) is 0 Å². The average molecular weight is 465 g/mol. The molecule has 2 heterocycles. The third kappa shape index (κ3) is 4.01. The topological polar surface area (TPSA) is 212 Å². The van der Waals surface area contributed by atoms with Crippen LogP contribution in [-0.4, -0.2) is 83.3 Å². The summed E-state index contributed by atoms with van der Waals surface area (Å²) in [6.45, 7) is -0.695. The van der Waals surface area contributed by atoms with E-state index in [1.165, 1.54) is 12.1 Å². The third-order valence-corrected chi connectivity index (χ3v) is 5.24. The molecular formula is C21H21O12+. The van der Waals surface area contributed by atoms with E-state index in [1.807, 2.05) is 0 Å². The Morgan fingerprint density at radius 1 is 0.818 bits per heavy atom. The Morgan fingerprint density at radius 3 is 2.12 bits per heavy atom. The summed E-state index contributed by atoms with van der Waals surface area (Å²) in [5.74, 6) is -3.32. The number of benzene rings is 2. The second-order valence-electron chi connectivity index (χ2n) is 7.49. The first kappa shape index (κ1) is 22.6. The van der Waals surface area contributed by atoms with E-state index >= 15 is 0 Å². The summed E-state index contributed by atoms with van der Waals surface area (Å²) in [5, 5.41) is 89.2. The van der Waals surface area contributed by atoms with Crippen molar-refractivity contribution in [3.63, 3.8) is 0 Å². The maximum atomic E-state index is 10.3. The van der Waals surface area contributed by atoms with Crippen molar-refractivity contribution >= 4 is 11.0 Å². The second kappa shape index (κ2) is 8.42. The van der Waals surface area contributed by atoms with Crippen LogP contribution in [0.15, 0.2) is 34.7 Å². The van der Waals surface area contributed by atoms with Crippen LogP contribution in [0.2, 0.25) is 0 Å². The summed E-state index contributed by atoms with van der Waals surface area (Å²) >= 11 is 0. The highest BCUT2D eigenvalue weighted by Crippen LogP contribution is 2.44. The molecule has 1 aromatic heterocycles. The number of hydrogen-bond donors (Lipinski definition) is 9. The number of ether oxygens (including phenoxy) is 2. The van der Waals surface area contributed by atoms with E-state index in [-0.39, 0.29) is 33.8 Å². The molecule has 4 rings (SSSR count). The molecule has 3 aromatic rings. The lowest BCUT2D eigenvalue weighted by Crippen LogP contribution is -2.60. The molecule has 0 saturated carbocycles. The Hall–Kier alpha value is -3.55. The minimum absolute atomic E-state index is 0.0212. The highest BCUT2D eigenvalue weighted by molar-refractivity contribution is 5.88. The Morgan fingerprint density at radius 2 is 1.48 bits per heavy atom. The summed E-state index contributed by atoms with van der Waals surface area (Å²) in [5.41, 5.74) is -0.0529. The minimum atomic E-state index is -1.76. The van der Waals surface area contributed by atoms with E-state index in [1.54, 1.807) is 0 Å². The molecule has 12 nitrogen and oxygen atoms in total. The van der Waals surface area contributed by atoms with Crippen LogP contribution in [-0.2, 0) is 4.74 Å². The molecule has 0 bridgehead atoms. The monoisotopic (exact) mass is 465 g/mol. The van der Waals surface area contributed by atoms with Crippen molar-refractivity contribution in [1.29, 1.82) is 0 Å². The molecule has 176 valence electrons. The fourth-order valence-corrected chi connectivity index (χ4v) is 3.50. The van der Waals surface area contributed by atoms with Crippen molar-refractivity contribution in [2.24, 2.45) is 0 Å². The average Bonchev–Trinajstić information content (AvgIpc) is 2.77. The Bertz CT molecular complexity index is 1170. The molecule has 0 radical (unpaired) electrons. The van der Waals surface area contributed by atoms with Crippen molar-refractivity contribution < 1.29 is 59.8 Å². The molecule has 33 heavy (non-hydrogen) atoms. The van der Waals surface area contributed by atoms with E-state index in [4.69, 9.17) is 13.9 Å². The predicted octanol–water partition coefficient (Wildman–Crippen LogP) is 0.0876. The molecular weight excluding hydrogens is 444 g/mol. The molecule has 12 heteroatoms. The van der Waals surface area contributed by atoms with E-state index in [9.17, 15) is 46.0 Å². The summed E-state index contributed by atoms with van der Waals surface area (Å²) in [6.07, 6.45) is -7.99. The van der Waals surface area contributed by atoms with Gasteiger partial charge in [-0.25, -0.2) is 4.42 Å². The predicted molar refractivity (Wildman–Crippen MR) is 109 cm³/mol. The molecule has 0 amide bonds. The molecule has 1 saturated heterocycles. The minimum Gasteiger partial charge on any atom is -0.507 e. The maximum absolute atomic E-state index is 10.3. The number of phenolic OH excluding ortho intramolecular Hbond substituents is 5. The van der Waals surface area contributed by atoms with E-state index < -0.39 is 60.3 Å². The van der Waals surface area contributed by atoms with E-state index in [0.717, 1.165) is 18.2 Å². The molecule has 0 aliphatic carbocycles. The number of aliphatic hydroxyl groups excluding tert-OH is 4. The van der Waals surface area contributed by atoms with Crippen LogP contribution in [0.3, 0.4) is 0 Å². The van der Waals surface area contributed by atoms with Crippen LogP contribution in [0.25, 0.3) is 22.3 Å². The first-order chi connectivity index (χ1) is 15.6. The molecule has 9 N–H and O–H groups in total. The van der Waals surface area contributed by atoms with Crippen LogP contribution in [0.4, 0.5) is 0 Å². The van der Waals surface area contributed by atoms with Gasteiger partial charge in [-0.3, -0.25) is 0 Å². The van der Waals surface area contributed by atoms with Crippen LogP contribution >= 0.6 is 0 Å². The Labute approximate surface area is 185 Å². The second-order valence-corrected chi connectivity index (χ2v) is 7.49. The molecule has 2 aromatic carbocycles. The van der Waals surface area contributed by atoms with Crippen molar-refractivity contribution in [2.45, 2.75) is 30.7 Å². The van der Waals surface area contributed by atoms with Gasteiger partial charge in [-0.2, -0.15) is 0 Å². The van der Waals surface area contributed by atoms with Crippen molar-refractivity contribution in [1.82, 2.24) is 0 Å². The zero-order chi connectivity index (χ0) is 24.0. The first-order valence-corrected chi connectivity index (χ1v) is 9.66. The Balaban J connectivity index is 1.86. The standard InChI is InChI=1S/C21H20O12/c22-6-15-17(28)18(29)19(30)21(33-15)32-14-5-9-10(24)3-8(23)4-13(9)31-20(14)7-1-11(25)16(27)12(26)2-7/h1-5,15,17-19,21-22,28-30H,6H2,(H4-,23,24,25,26,27)/p+1/t15-,17?,18-,19-,21?/m1/s1. The van der Waals surface area contributed by atoms with Gasteiger partial charge in [-0.15, -0.1) is 0 Å². The normalized spacial score (nSPS) is 25.3. The number of aliphatic hydroxyl groups is 4. The fourth-order valence-electron chi connectivity index (χ4n) is 3.50. The maximum Gasteiger partial charge on any atom is 0.402 e. The summed E-state index contributed by atoms with van der Waals surface area (Å²) in [7, 11) is 0. The summed E-state index contributed by atoms with van der Waals surface area (Å²) in [4.78, 5) is 0. The van der Waals surface area contributed by atoms with Crippen LogP contribution in [0, 0.1) is 0 Å². The fraction of sp³-hybridized carbons (Fsp3) is 0.286. The van der Waals surface area contributed by atoms with Gasteiger partial charge in [0.15, 0.2) is 17.2 Å². The van der Waals surface area contributed by atoms with Crippen LogP contribution < -0.4 is 4.74 Å². The van der Waals surface area contributed by atoms with Crippen LogP contribution in [0.5, 0.6) is 34.5 Å². The molecule has 1 aliphatic heterocycles. The van der Waals surface area contributed by atoms with Gasteiger partial charge >= 0.3 is 11.3 Å². The number of hydrogen-bond acceptors (Lipinski definition) is 11. The largest absolute Gasteiger partial charge is 0.507 e. The highest BCUT2D eigenvalue weighted by Gasteiger charge is 2.45. The van der Waals surface area contributed by atoms with Gasteiger partial charge in [-0.1, -0.05) is 0 Å². The lowest BCUT2D eigenvalue weighted by molar-refractivity contribution is -0.277. The van der Waals surface area contributed by atoms with Gasteiger partial charge in [0, 0.05) is 24.3 Å². The first-order valence-electron chi connectivity index (χ1n) is 9.66. The van der Waals surface area contributed by atoms with Crippen molar-refractivity contribution in [2.75, 3.05) is 6.61 Å². The smallest absolute Gasteiger partial charge is 0.402 e. The lowest BCUT2D eigenvalue weighted by atomic mass is 9.99. The van der Waals surface area contributed by atoms with Gasteiger partial charge < -0.3 is 55.4 Å². The number of aromatic hydroxyl groups is 5. The number of rotatable bonds is 4. The lowest BCUT2D eigenvalue weighted by Gasteiger charge is -2.39. The van der Waals surface area contributed by atoms with Gasteiger partial charge in [-0.05, 0) is 0 Å². The van der Waals surface area contributed by atoms with Crippen LogP contribution in [0.1, 0.15) is 0 Å². The zero-order valence-corrected chi connectivity index (χ0v) is 16.7. The quantitative estimate of drug-likeness (QED) is 0.185. The number of phenols is 5. The SMILES string of the molecule is OC[C@H]1OC(Oc2cc3c(O)cc(O)cc3[o+]c2-c2cc(O)c(O)c(O)c2)[C@H](O)[C@H](O)C1O. The van der Waals surface area contributed by atoms with E-state index in [2.05, 4.69) is 0 Å².